The van der Waals surface area contributed by atoms with Crippen molar-refractivity contribution in [2.75, 3.05) is 0 Å². The quantitative estimate of drug-likeness (QED) is 0.524. The van der Waals surface area contributed by atoms with Crippen molar-refractivity contribution in [1.82, 2.24) is 0 Å². The minimum absolute atomic E-state index is 0.170. The SMILES string of the molecule is CCC1(C)C=CC=CN=C1. The summed E-state index contributed by atoms with van der Waals surface area (Å²) in [4.78, 5) is 4.13. The van der Waals surface area contributed by atoms with Gasteiger partial charge < -0.3 is 0 Å². The van der Waals surface area contributed by atoms with Gasteiger partial charge in [0.1, 0.15) is 0 Å². The van der Waals surface area contributed by atoms with E-state index in [0.717, 1.165) is 6.42 Å². The largest absolute Gasteiger partial charge is 0.268 e. The fourth-order valence-corrected chi connectivity index (χ4v) is 0.840. The molecule has 1 nitrogen and oxygen atoms in total. The second-order valence-electron chi connectivity index (χ2n) is 2.84. The number of hydrogen-bond donors (Lipinski definition) is 0. The van der Waals surface area contributed by atoms with Gasteiger partial charge in [-0.25, -0.2) is 0 Å². The molecule has 0 fully saturated rings. The van der Waals surface area contributed by atoms with Crippen molar-refractivity contribution < 1.29 is 0 Å². The van der Waals surface area contributed by atoms with Gasteiger partial charge in [0.15, 0.2) is 0 Å². The maximum atomic E-state index is 4.13. The highest BCUT2D eigenvalue weighted by Gasteiger charge is 2.14. The summed E-state index contributed by atoms with van der Waals surface area (Å²) in [5.41, 5.74) is 0.170. The number of rotatable bonds is 1. The zero-order chi connectivity index (χ0) is 7.45. The molecule has 0 N–H and O–H groups in total. The van der Waals surface area contributed by atoms with E-state index in [2.05, 4.69) is 31.0 Å². The van der Waals surface area contributed by atoms with Crippen LogP contribution in [0.3, 0.4) is 0 Å². The lowest BCUT2D eigenvalue weighted by Crippen LogP contribution is -2.12. The summed E-state index contributed by atoms with van der Waals surface area (Å²) in [6.45, 7) is 4.35. The van der Waals surface area contributed by atoms with Gasteiger partial charge in [-0.15, -0.1) is 0 Å². The van der Waals surface area contributed by atoms with Crippen LogP contribution in [-0.4, -0.2) is 6.21 Å². The molecule has 0 aromatic rings. The first kappa shape index (κ1) is 7.26. The molecule has 0 spiro atoms. The van der Waals surface area contributed by atoms with Crippen LogP contribution in [0.5, 0.6) is 0 Å². The third-order valence-corrected chi connectivity index (χ3v) is 1.89. The summed E-state index contributed by atoms with van der Waals surface area (Å²) in [5, 5.41) is 0. The Balaban J connectivity index is 2.80. The van der Waals surface area contributed by atoms with E-state index in [-0.39, 0.29) is 5.41 Å². The Hall–Kier alpha value is -0.850. The molecule has 1 aliphatic heterocycles. The predicted molar refractivity (Wildman–Crippen MR) is 45.2 cm³/mol. The second kappa shape index (κ2) is 2.82. The fourth-order valence-electron chi connectivity index (χ4n) is 0.840. The number of nitrogens with zero attached hydrogens (tertiary/aromatic N) is 1. The van der Waals surface area contributed by atoms with Gasteiger partial charge in [0.25, 0.3) is 0 Å². The molecule has 0 saturated heterocycles. The van der Waals surface area contributed by atoms with Crippen molar-refractivity contribution in [3.8, 4) is 0 Å². The van der Waals surface area contributed by atoms with Crippen LogP contribution in [0.1, 0.15) is 20.3 Å². The lowest BCUT2D eigenvalue weighted by Gasteiger charge is -2.16. The minimum Gasteiger partial charge on any atom is -0.268 e. The van der Waals surface area contributed by atoms with Gasteiger partial charge in [-0.3, -0.25) is 4.99 Å². The summed E-state index contributed by atoms with van der Waals surface area (Å²) in [6, 6.07) is 0. The molecular formula is C9H13N. The number of allylic oxidation sites excluding steroid dienone is 3. The van der Waals surface area contributed by atoms with E-state index in [9.17, 15) is 0 Å². The van der Waals surface area contributed by atoms with Crippen LogP contribution in [0.2, 0.25) is 0 Å². The summed E-state index contributed by atoms with van der Waals surface area (Å²) in [6.07, 6.45) is 11.1. The van der Waals surface area contributed by atoms with Gasteiger partial charge >= 0.3 is 0 Å². The first-order valence-electron chi connectivity index (χ1n) is 3.65. The molecule has 1 heteroatoms. The average molecular weight is 135 g/mol. The lowest BCUT2D eigenvalue weighted by molar-refractivity contribution is 0.587. The zero-order valence-electron chi connectivity index (χ0n) is 6.54. The maximum Gasteiger partial charge on any atom is 0.0264 e. The third-order valence-electron chi connectivity index (χ3n) is 1.89. The highest BCUT2D eigenvalue weighted by molar-refractivity contribution is 5.69. The molecule has 10 heavy (non-hydrogen) atoms. The molecule has 1 aliphatic rings. The fraction of sp³-hybridized carbons (Fsp3) is 0.444. The van der Waals surface area contributed by atoms with Gasteiger partial charge in [-0.2, -0.15) is 0 Å². The molecule has 0 amide bonds. The Bertz CT molecular complexity index is 171. The van der Waals surface area contributed by atoms with Crippen LogP contribution in [0.15, 0.2) is 29.4 Å². The van der Waals surface area contributed by atoms with Crippen LogP contribution < -0.4 is 0 Å². The van der Waals surface area contributed by atoms with E-state index in [1.165, 1.54) is 0 Å². The Morgan fingerprint density at radius 3 is 2.90 bits per heavy atom. The molecule has 54 valence electrons. The molecule has 1 atom stereocenters. The van der Waals surface area contributed by atoms with E-state index in [1.807, 2.05) is 18.5 Å². The monoisotopic (exact) mass is 135 g/mol. The Morgan fingerprint density at radius 2 is 2.20 bits per heavy atom. The first-order chi connectivity index (χ1) is 4.77. The second-order valence-corrected chi connectivity index (χ2v) is 2.84. The number of aliphatic imine (C=N–C) groups is 1. The van der Waals surface area contributed by atoms with Gasteiger partial charge in [0, 0.05) is 17.8 Å². The van der Waals surface area contributed by atoms with Crippen molar-refractivity contribution in [2.45, 2.75) is 20.3 Å². The van der Waals surface area contributed by atoms with Crippen molar-refractivity contribution in [1.29, 1.82) is 0 Å². The average Bonchev–Trinajstić information content (AvgIpc) is 2.15. The van der Waals surface area contributed by atoms with Crippen LogP contribution in [0.25, 0.3) is 0 Å². The summed E-state index contributed by atoms with van der Waals surface area (Å²) >= 11 is 0. The van der Waals surface area contributed by atoms with Crippen LogP contribution in [0.4, 0.5) is 0 Å². The smallest absolute Gasteiger partial charge is 0.0264 e. The third kappa shape index (κ3) is 1.56. The molecule has 1 heterocycles. The Morgan fingerprint density at radius 1 is 1.40 bits per heavy atom. The summed E-state index contributed by atoms with van der Waals surface area (Å²) < 4.78 is 0. The molecule has 0 bridgehead atoms. The highest BCUT2D eigenvalue weighted by atomic mass is 14.7. The van der Waals surface area contributed by atoms with Gasteiger partial charge in [0.05, 0.1) is 0 Å². The normalized spacial score (nSPS) is 30.6. The minimum atomic E-state index is 0.170. The molecule has 1 unspecified atom stereocenters. The molecule has 0 radical (unpaired) electrons. The van der Waals surface area contributed by atoms with Crippen molar-refractivity contribution in [3.05, 3.63) is 24.4 Å². The van der Waals surface area contributed by atoms with Gasteiger partial charge in [-0.05, 0) is 12.5 Å². The Labute approximate surface area is 62.2 Å². The predicted octanol–water partition coefficient (Wildman–Crippen LogP) is 2.56. The van der Waals surface area contributed by atoms with E-state index >= 15 is 0 Å². The molecule has 0 saturated carbocycles. The van der Waals surface area contributed by atoms with E-state index in [4.69, 9.17) is 0 Å². The highest BCUT2D eigenvalue weighted by Crippen LogP contribution is 2.21. The molecular weight excluding hydrogens is 122 g/mol. The van der Waals surface area contributed by atoms with Crippen molar-refractivity contribution >= 4 is 6.21 Å². The standard InChI is InChI=1S/C9H13N/c1-3-9(2)6-4-5-7-10-8-9/h4-8H,3H2,1-2H3. The van der Waals surface area contributed by atoms with Crippen LogP contribution >= 0.6 is 0 Å². The van der Waals surface area contributed by atoms with Crippen LogP contribution in [0, 0.1) is 5.41 Å². The first-order valence-corrected chi connectivity index (χ1v) is 3.65. The van der Waals surface area contributed by atoms with Crippen molar-refractivity contribution in [3.63, 3.8) is 0 Å². The van der Waals surface area contributed by atoms with Gasteiger partial charge in [0.2, 0.25) is 0 Å². The molecule has 0 aromatic carbocycles. The number of hydrogen-bond acceptors (Lipinski definition) is 1. The molecule has 0 aromatic heterocycles. The maximum absolute atomic E-state index is 4.13. The topological polar surface area (TPSA) is 12.4 Å². The Kier molecular flexibility index (Phi) is 2.05. The van der Waals surface area contributed by atoms with Crippen molar-refractivity contribution in [2.24, 2.45) is 10.4 Å². The summed E-state index contributed by atoms with van der Waals surface area (Å²) in [5.74, 6) is 0. The van der Waals surface area contributed by atoms with Crippen LogP contribution in [-0.2, 0) is 0 Å². The molecule has 0 aliphatic carbocycles. The van der Waals surface area contributed by atoms with E-state index in [0.29, 0.717) is 0 Å². The molecule has 1 rings (SSSR count). The van der Waals surface area contributed by atoms with E-state index in [1.54, 1.807) is 0 Å². The van der Waals surface area contributed by atoms with E-state index < -0.39 is 0 Å². The zero-order valence-corrected chi connectivity index (χ0v) is 6.54. The summed E-state index contributed by atoms with van der Waals surface area (Å²) in [7, 11) is 0. The van der Waals surface area contributed by atoms with Gasteiger partial charge in [-0.1, -0.05) is 26.0 Å². The lowest BCUT2D eigenvalue weighted by atomic mass is 9.89.